The number of carbonyl (C=O) groups is 2. The molecule has 1 saturated carbocycles. The van der Waals surface area contributed by atoms with Crippen LogP contribution in [-0.4, -0.2) is 23.5 Å². The third kappa shape index (κ3) is 6.51. The van der Waals surface area contributed by atoms with Crippen LogP contribution in [0.1, 0.15) is 25.7 Å². The van der Waals surface area contributed by atoms with Crippen molar-refractivity contribution in [3.05, 3.63) is 28.2 Å². The SMILES string of the molecule is O=C(CCCOc1ccc(Cl)cc1Cl)NC(=S)NNC(=O)C1CC1. The first-order valence-corrected chi connectivity index (χ1v) is 8.59. The van der Waals surface area contributed by atoms with Crippen LogP contribution in [0.5, 0.6) is 5.75 Å². The number of thiocarbonyl (C=S) groups is 1. The smallest absolute Gasteiger partial charge is 0.241 e. The molecule has 0 saturated heterocycles. The lowest BCUT2D eigenvalue weighted by atomic mass is 10.3. The fourth-order valence-electron chi connectivity index (χ4n) is 1.79. The molecular weight excluding hydrogens is 373 g/mol. The molecule has 0 spiro atoms. The van der Waals surface area contributed by atoms with Crippen LogP contribution in [0.15, 0.2) is 18.2 Å². The normalized spacial score (nSPS) is 13.1. The topological polar surface area (TPSA) is 79.5 Å². The molecule has 24 heavy (non-hydrogen) atoms. The molecular formula is C15H17Cl2N3O3S. The minimum atomic E-state index is -0.265. The van der Waals surface area contributed by atoms with Crippen molar-refractivity contribution in [2.24, 2.45) is 5.92 Å². The summed E-state index contributed by atoms with van der Waals surface area (Å²) in [5, 5.41) is 3.49. The van der Waals surface area contributed by atoms with E-state index in [0.29, 0.717) is 28.8 Å². The molecule has 1 aromatic rings. The molecule has 0 heterocycles. The van der Waals surface area contributed by atoms with Gasteiger partial charge in [0, 0.05) is 17.4 Å². The summed E-state index contributed by atoms with van der Waals surface area (Å²) in [6.07, 6.45) is 2.50. The number of benzene rings is 1. The predicted octanol–water partition coefficient (Wildman–Crippen LogP) is 2.58. The molecule has 0 unspecified atom stereocenters. The Morgan fingerprint density at radius 3 is 2.67 bits per heavy atom. The zero-order valence-electron chi connectivity index (χ0n) is 12.7. The minimum absolute atomic E-state index is 0.0628. The number of ether oxygens (including phenoxy) is 1. The largest absolute Gasteiger partial charge is 0.492 e. The summed E-state index contributed by atoms with van der Waals surface area (Å²) in [7, 11) is 0. The molecule has 1 aromatic carbocycles. The van der Waals surface area contributed by atoms with Crippen molar-refractivity contribution in [3.63, 3.8) is 0 Å². The molecule has 0 radical (unpaired) electrons. The Morgan fingerprint density at radius 2 is 2.00 bits per heavy atom. The zero-order valence-corrected chi connectivity index (χ0v) is 15.1. The number of hydrogen-bond acceptors (Lipinski definition) is 4. The summed E-state index contributed by atoms with van der Waals surface area (Å²) in [6, 6.07) is 4.94. The Balaban J connectivity index is 1.58. The minimum Gasteiger partial charge on any atom is -0.492 e. The van der Waals surface area contributed by atoms with Gasteiger partial charge in [-0.1, -0.05) is 23.2 Å². The molecule has 1 fully saturated rings. The van der Waals surface area contributed by atoms with Gasteiger partial charge < -0.3 is 10.1 Å². The second kappa shape index (κ2) is 9.05. The number of hydrazine groups is 1. The van der Waals surface area contributed by atoms with E-state index >= 15 is 0 Å². The third-order valence-corrected chi connectivity index (χ3v) is 3.93. The average molecular weight is 390 g/mol. The molecule has 2 amide bonds. The van der Waals surface area contributed by atoms with Gasteiger partial charge in [-0.25, -0.2) is 0 Å². The number of rotatable bonds is 6. The predicted molar refractivity (Wildman–Crippen MR) is 95.9 cm³/mol. The van der Waals surface area contributed by atoms with E-state index in [4.69, 9.17) is 40.2 Å². The summed E-state index contributed by atoms with van der Waals surface area (Å²) in [5.41, 5.74) is 4.96. The van der Waals surface area contributed by atoms with Crippen LogP contribution in [0.2, 0.25) is 10.0 Å². The van der Waals surface area contributed by atoms with Gasteiger partial charge in [0.15, 0.2) is 5.11 Å². The summed E-state index contributed by atoms with van der Waals surface area (Å²) in [5.74, 6) is 0.202. The summed E-state index contributed by atoms with van der Waals surface area (Å²) < 4.78 is 5.48. The summed E-state index contributed by atoms with van der Waals surface area (Å²) in [6.45, 7) is 0.327. The van der Waals surface area contributed by atoms with Crippen molar-refractivity contribution >= 4 is 52.3 Å². The van der Waals surface area contributed by atoms with Gasteiger partial charge in [0.1, 0.15) is 5.75 Å². The Hall–Kier alpha value is -1.57. The Labute approximate surface area is 155 Å². The van der Waals surface area contributed by atoms with E-state index in [-0.39, 0.29) is 29.3 Å². The first-order chi connectivity index (χ1) is 11.5. The number of hydrogen-bond donors (Lipinski definition) is 3. The van der Waals surface area contributed by atoms with Crippen LogP contribution >= 0.6 is 35.4 Å². The molecule has 130 valence electrons. The number of nitrogens with one attached hydrogen (secondary N) is 3. The highest BCUT2D eigenvalue weighted by atomic mass is 35.5. The van der Waals surface area contributed by atoms with Crippen molar-refractivity contribution in [1.29, 1.82) is 0 Å². The fraction of sp³-hybridized carbons (Fsp3) is 0.400. The van der Waals surface area contributed by atoms with Crippen molar-refractivity contribution in [3.8, 4) is 5.75 Å². The van der Waals surface area contributed by atoms with E-state index in [2.05, 4.69) is 16.2 Å². The Bertz CT molecular complexity index is 638. The fourth-order valence-corrected chi connectivity index (χ4v) is 2.42. The molecule has 1 aliphatic rings. The lowest BCUT2D eigenvalue weighted by molar-refractivity contribution is -0.123. The van der Waals surface area contributed by atoms with E-state index in [1.54, 1.807) is 18.2 Å². The molecule has 6 nitrogen and oxygen atoms in total. The molecule has 9 heteroatoms. The van der Waals surface area contributed by atoms with E-state index in [9.17, 15) is 9.59 Å². The van der Waals surface area contributed by atoms with Gasteiger partial charge in [-0.05, 0) is 49.7 Å². The number of halogens is 2. The highest BCUT2D eigenvalue weighted by molar-refractivity contribution is 7.80. The van der Waals surface area contributed by atoms with Crippen LogP contribution in [0.3, 0.4) is 0 Å². The summed E-state index contributed by atoms with van der Waals surface area (Å²) in [4.78, 5) is 23.1. The van der Waals surface area contributed by atoms with Crippen LogP contribution in [-0.2, 0) is 9.59 Å². The van der Waals surface area contributed by atoms with Crippen molar-refractivity contribution in [2.75, 3.05) is 6.61 Å². The Morgan fingerprint density at radius 1 is 1.25 bits per heavy atom. The van der Waals surface area contributed by atoms with Gasteiger partial charge in [-0.3, -0.25) is 20.4 Å². The van der Waals surface area contributed by atoms with E-state index in [1.807, 2.05) is 0 Å². The molecule has 0 aromatic heterocycles. The van der Waals surface area contributed by atoms with E-state index in [1.165, 1.54) is 0 Å². The van der Waals surface area contributed by atoms with E-state index in [0.717, 1.165) is 12.8 Å². The molecule has 3 N–H and O–H groups in total. The highest BCUT2D eigenvalue weighted by Gasteiger charge is 2.29. The van der Waals surface area contributed by atoms with Gasteiger partial charge in [0.05, 0.1) is 11.6 Å². The maximum Gasteiger partial charge on any atom is 0.241 e. The molecule has 0 atom stereocenters. The van der Waals surface area contributed by atoms with Gasteiger partial charge in [0.2, 0.25) is 11.8 Å². The van der Waals surface area contributed by atoms with E-state index < -0.39 is 0 Å². The molecule has 0 bridgehead atoms. The number of amides is 2. The summed E-state index contributed by atoms with van der Waals surface area (Å²) >= 11 is 16.7. The van der Waals surface area contributed by atoms with Crippen LogP contribution in [0.4, 0.5) is 0 Å². The molecule has 1 aliphatic carbocycles. The second-order valence-corrected chi connectivity index (χ2v) is 6.54. The van der Waals surface area contributed by atoms with Gasteiger partial charge in [0.25, 0.3) is 0 Å². The van der Waals surface area contributed by atoms with Crippen LogP contribution in [0, 0.1) is 5.92 Å². The average Bonchev–Trinajstić information content (AvgIpc) is 3.35. The number of carbonyl (C=O) groups excluding carboxylic acids is 2. The van der Waals surface area contributed by atoms with Crippen molar-refractivity contribution in [1.82, 2.24) is 16.2 Å². The first kappa shape index (κ1) is 18.8. The Kier molecular flexibility index (Phi) is 7.08. The maximum atomic E-state index is 11.7. The van der Waals surface area contributed by atoms with Crippen molar-refractivity contribution in [2.45, 2.75) is 25.7 Å². The maximum absolute atomic E-state index is 11.7. The van der Waals surface area contributed by atoms with Crippen LogP contribution in [0.25, 0.3) is 0 Å². The zero-order chi connectivity index (χ0) is 17.5. The van der Waals surface area contributed by atoms with Gasteiger partial charge in [-0.15, -0.1) is 0 Å². The van der Waals surface area contributed by atoms with Gasteiger partial charge >= 0.3 is 0 Å². The highest BCUT2D eigenvalue weighted by Crippen LogP contribution is 2.28. The molecule has 2 rings (SSSR count). The first-order valence-electron chi connectivity index (χ1n) is 7.43. The standard InChI is InChI=1S/C15H17Cl2N3O3S/c16-10-5-6-12(11(17)8-10)23-7-1-2-13(21)18-15(24)20-19-14(22)9-3-4-9/h5-6,8-9H,1-4,7H2,(H,19,22)(H2,18,20,21,24). The van der Waals surface area contributed by atoms with Crippen LogP contribution < -0.4 is 20.9 Å². The molecule has 0 aliphatic heterocycles. The van der Waals surface area contributed by atoms with Crippen molar-refractivity contribution < 1.29 is 14.3 Å². The monoisotopic (exact) mass is 389 g/mol. The lowest BCUT2D eigenvalue weighted by Crippen LogP contribution is -2.48. The third-order valence-electron chi connectivity index (χ3n) is 3.20. The lowest BCUT2D eigenvalue weighted by Gasteiger charge is -2.11. The van der Waals surface area contributed by atoms with Gasteiger partial charge in [-0.2, -0.15) is 0 Å². The second-order valence-electron chi connectivity index (χ2n) is 5.29. The quantitative estimate of drug-likeness (QED) is 0.395.